The molecule has 7 nitrogen and oxygen atoms in total. The van der Waals surface area contributed by atoms with Gasteiger partial charge in [-0.2, -0.15) is 18.4 Å². The third-order valence-electron chi connectivity index (χ3n) is 3.94. The van der Waals surface area contributed by atoms with Gasteiger partial charge in [-0.1, -0.05) is 27.7 Å². The third-order valence-corrected chi connectivity index (χ3v) is 4.98. The second-order valence-electron chi connectivity index (χ2n) is 5.86. The highest BCUT2D eigenvalue weighted by molar-refractivity contribution is 7.84. The van der Waals surface area contributed by atoms with E-state index < -0.39 is 33.8 Å². The van der Waals surface area contributed by atoms with Crippen LogP contribution in [0.3, 0.4) is 0 Å². The van der Waals surface area contributed by atoms with Gasteiger partial charge in [0, 0.05) is 12.8 Å². The number of carbonyl (C=O) groups excluding carboxylic acids is 1. The Morgan fingerprint density at radius 1 is 1.48 bits per heavy atom. The van der Waals surface area contributed by atoms with Gasteiger partial charge in [-0.15, -0.1) is 0 Å². The van der Waals surface area contributed by atoms with Crippen LogP contribution in [-0.4, -0.2) is 32.6 Å². The second-order valence-corrected chi connectivity index (χ2v) is 7.21. The van der Waals surface area contributed by atoms with Crippen molar-refractivity contribution in [2.75, 3.05) is 6.61 Å². The molecule has 1 rings (SSSR count). The Morgan fingerprint density at radius 3 is 2.48 bits per heavy atom. The van der Waals surface area contributed by atoms with Gasteiger partial charge in [-0.05, 0) is 11.8 Å². The fraction of sp³-hybridized carbons (Fsp3) is 0.846. The Morgan fingerprint density at radius 2 is 2.05 bits per heavy atom. The standard InChI is InChI=1S/C13H22N2O5S/c1-8(2)10(4)13(7-14)12(20-11(5)16)9(3)6-19-21(17,18)15-13/h8-10,12,15H,6H2,1-5H3/t9-,10-,12+,13-/m0/s1. The van der Waals surface area contributed by atoms with Crippen molar-refractivity contribution in [2.24, 2.45) is 17.8 Å². The SMILES string of the molecule is CC(=O)O[C@@H]1[C@@H](C)COS(=O)(=O)N[C@@]1(C#N)[C@@H](C)C(C)C. The minimum absolute atomic E-state index is 0.00397. The molecule has 1 fully saturated rings. The fourth-order valence-corrected chi connectivity index (χ4v) is 3.70. The van der Waals surface area contributed by atoms with E-state index in [1.165, 1.54) is 6.92 Å². The molecule has 0 amide bonds. The molecular formula is C13H22N2O5S. The number of nitriles is 1. The number of esters is 1. The molecule has 0 aromatic heterocycles. The number of nitrogens with one attached hydrogen (secondary N) is 1. The van der Waals surface area contributed by atoms with Gasteiger partial charge in [0.05, 0.1) is 12.7 Å². The summed E-state index contributed by atoms with van der Waals surface area (Å²) in [5.41, 5.74) is -1.56. The largest absolute Gasteiger partial charge is 0.459 e. The van der Waals surface area contributed by atoms with Crippen LogP contribution in [0, 0.1) is 29.1 Å². The van der Waals surface area contributed by atoms with E-state index >= 15 is 0 Å². The van der Waals surface area contributed by atoms with Crippen LogP contribution in [0.1, 0.15) is 34.6 Å². The monoisotopic (exact) mass is 318 g/mol. The van der Waals surface area contributed by atoms with E-state index in [-0.39, 0.29) is 18.4 Å². The van der Waals surface area contributed by atoms with Gasteiger partial charge in [0.1, 0.15) is 6.10 Å². The molecule has 1 N–H and O–H groups in total. The Kier molecular flexibility index (Phi) is 5.36. The van der Waals surface area contributed by atoms with Crippen LogP contribution in [0.5, 0.6) is 0 Å². The summed E-state index contributed by atoms with van der Waals surface area (Å²) in [5, 5.41) is 9.70. The molecule has 21 heavy (non-hydrogen) atoms. The molecule has 0 aromatic carbocycles. The van der Waals surface area contributed by atoms with Gasteiger partial charge in [0.2, 0.25) is 0 Å². The predicted octanol–water partition coefficient (Wildman–Crippen LogP) is 0.973. The average molecular weight is 318 g/mol. The van der Waals surface area contributed by atoms with E-state index in [0.717, 1.165) is 0 Å². The molecule has 0 aromatic rings. The van der Waals surface area contributed by atoms with Gasteiger partial charge < -0.3 is 4.74 Å². The lowest BCUT2D eigenvalue weighted by Gasteiger charge is -2.40. The molecule has 0 unspecified atom stereocenters. The third kappa shape index (κ3) is 3.73. The molecule has 8 heteroatoms. The van der Waals surface area contributed by atoms with Crippen LogP contribution in [0.15, 0.2) is 0 Å². The number of carbonyl (C=O) groups is 1. The maximum atomic E-state index is 11.9. The van der Waals surface area contributed by atoms with Crippen molar-refractivity contribution in [1.82, 2.24) is 4.72 Å². The normalized spacial score (nSPS) is 33.8. The molecule has 1 aliphatic heterocycles. The van der Waals surface area contributed by atoms with Gasteiger partial charge in [-0.3, -0.25) is 8.98 Å². The Hall–Kier alpha value is -1.17. The molecule has 0 saturated carbocycles. The molecule has 1 saturated heterocycles. The van der Waals surface area contributed by atoms with Crippen LogP contribution in [0.25, 0.3) is 0 Å². The summed E-state index contributed by atoms with van der Waals surface area (Å²) >= 11 is 0. The van der Waals surface area contributed by atoms with Crippen LogP contribution in [-0.2, 0) is 24.0 Å². The van der Waals surface area contributed by atoms with E-state index in [0.29, 0.717) is 0 Å². The topological polar surface area (TPSA) is 105 Å². The maximum Gasteiger partial charge on any atom is 0.337 e. The summed E-state index contributed by atoms with van der Waals surface area (Å²) in [6.07, 6.45) is -0.922. The highest BCUT2D eigenvalue weighted by Gasteiger charge is 2.54. The minimum Gasteiger partial charge on any atom is -0.459 e. The van der Waals surface area contributed by atoms with Crippen molar-refractivity contribution in [3.8, 4) is 6.07 Å². The maximum absolute atomic E-state index is 11.9. The van der Waals surface area contributed by atoms with Crippen molar-refractivity contribution in [3.05, 3.63) is 0 Å². The van der Waals surface area contributed by atoms with Crippen LogP contribution < -0.4 is 4.72 Å². The lowest BCUT2D eigenvalue weighted by molar-refractivity contribution is -0.154. The number of ether oxygens (including phenoxy) is 1. The first-order chi connectivity index (χ1) is 9.55. The molecule has 1 aliphatic rings. The average Bonchev–Trinajstić information content (AvgIpc) is 2.47. The Bertz CT molecular complexity index is 539. The summed E-state index contributed by atoms with van der Waals surface area (Å²) in [4.78, 5) is 11.4. The van der Waals surface area contributed by atoms with Crippen LogP contribution in [0.2, 0.25) is 0 Å². The van der Waals surface area contributed by atoms with Crippen LogP contribution >= 0.6 is 0 Å². The highest BCUT2D eigenvalue weighted by atomic mass is 32.2. The zero-order chi connectivity index (χ0) is 16.4. The van der Waals surface area contributed by atoms with E-state index in [2.05, 4.69) is 4.72 Å². The highest BCUT2D eigenvalue weighted by Crippen LogP contribution is 2.35. The number of hydrogen-bond donors (Lipinski definition) is 1. The van der Waals surface area contributed by atoms with Crippen molar-refractivity contribution in [3.63, 3.8) is 0 Å². The molecule has 0 spiro atoms. The molecule has 0 bridgehead atoms. The number of hydrogen-bond acceptors (Lipinski definition) is 6. The Labute approximate surface area is 125 Å². The van der Waals surface area contributed by atoms with Gasteiger partial charge in [0.25, 0.3) is 0 Å². The first kappa shape index (κ1) is 17.9. The zero-order valence-corrected chi connectivity index (χ0v) is 13.7. The molecule has 0 aliphatic carbocycles. The molecule has 120 valence electrons. The van der Waals surface area contributed by atoms with Crippen molar-refractivity contribution in [1.29, 1.82) is 5.26 Å². The first-order valence-corrected chi connectivity index (χ1v) is 8.23. The lowest BCUT2D eigenvalue weighted by Crippen LogP contribution is -2.62. The number of nitrogens with zero attached hydrogens (tertiary/aromatic N) is 1. The van der Waals surface area contributed by atoms with Crippen molar-refractivity contribution < 1.29 is 22.1 Å². The fourth-order valence-electron chi connectivity index (χ4n) is 2.48. The predicted molar refractivity (Wildman–Crippen MR) is 75.1 cm³/mol. The molecule has 0 radical (unpaired) electrons. The quantitative estimate of drug-likeness (QED) is 0.777. The van der Waals surface area contributed by atoms with Gasteiger partial charge in [0.15, 0.2) is 5.54 Å². The summed E-state index contributed by atoms with van der Waals surface area (Å²) < 4.78 is 36.3. The summed E-state index contributed by atoms with van der Waals surface area (Å²) in [5.74, 6) is -1.40. The Balaban J connectivity index is 3.44. The lowest BCUT2D eigenvalue weighted by atomic mass is 9.73. The second kappa shape index (κ2) is 6.30. The smallest absolute Gasteiger partial charge is 0.337 e. The number of rotatable bonds is 3. The van der Waals surface area contributed by atoms with E-state index in [1.54, 1.807) is 13.8 Å². The minimum atomic E-state index is -4.08. The van der Waals surface area contributed by atoms with Crippen molar-refractivity contribution >= 4 is 16.3 Å². The van der Waals surface area contributed by atoms with Crippen LogP contribution in [0.4, 0.5) is 0 Å². The molecule has 1 heterocycles. The summed E-state index contributed by atoms with van der Waals surface area (Å²) in [6, 6.07) is 2.03. The van der Waals surface area contributed by atoms with E-state index in [4.69, 9.17) is 8.92 Å². The van der Waals surface area contributed by atoms with E-state index in [1.807, 2.05) is 19.9 Å². The van der Waals surface area contributed by atoms with Gasteiger partial charge >= 0.3 is 16.3 Å². The van der Waals surface area contributed by atoms with E-state index in [9.17, 15) is 18.5 Å². The van der Waals surface area contributed by atoms with Gasteiger partial charge in [-0.25, -0.2) is 0 Å². The summed E-state index contributed by atoms with van der Waals surface area (Å²) in [6.45, 7) is 8.27. The molecule has 4 atom stereocenters. The summed E-state index contributed by atoms with van der Waals surface area (Å²) in [7, 11) is -4.08. The molecular weight excluding hydrogens is 296 g/mol. The van der Waals surface area contributed by atoms with Crippen molar-refractivity contribution in [2.45, 2.75) is 46.3 Å². The zero-order valence-electron chi connectivity index (χ0n) is 12.9. The first-order valence-electron chi connectivity index (χ1n) is 6.82.